The Kier molecular flexibility index (Phi) is 10.3. The van der Waals surface area contributed by atoms with Gasteiger partial charge in [-0.2, -0.15) is 0 Å². The molecule has 2 aliphatic rings. The van der Waals surface area contributed by atoms with Crippen LogP contribution in [-0.4, -0.2) is 55.8 Å². The summed E-state index contributed by atoms with van der Waals surface area (Å²) in [6.45, 7) is 1.98. The van der Waals surface area contributed by atoms with Gasteiger partial charge in [0.15, 0.2) is 0 Å². The summed E-state index contributed by atoms with van der Waals surface area (Å²) in [4.78, 5) is 27.4. The van der Waals surface area contributed by atoms with Gasteiger partial charge >= 0.3 is 13.5 Å². The standard InChI is InChI=1S/C35H39N2O10P/c1-24-22-37(34(39)36-33(24)38)32-21-30(47-48(40)44-19-7-8-20-45-48)31(46-32)23-43-35(25-9-5-4-6-10-25,26-11-15-28(41-2)16-12-26)27-13-17-29(42-3)18-14-27/h4-6,9-18,22,30-32H,7-8,19-21,23H2,1-3H3,(H,36,38,39)/t30-,31+,32+/m0/s1. The Morgan fingerprint density at radius 2 is 1.42 bits per heavy atom. The molecule has 12 nitrogen and oxygen atoms in total. The number of nitrogens with zero attached hydrogens (tertiary/aromatic N) is 1. The van der Waals surface area contributed by atoms with E-state index in [4.69, 9.17) is 32.5 Å². The molecule has 254 valence electrons. The highest BCUT2D eigenvalue weighted by Gasteiger charge is 2.46. The molecule has 3 heterocycles. The molecule has 13 heteroatoms. The molecule has 2 saturated heterocycles. The minimum Gasteiger partial charge on any atom is -0.497 e. The van der Waals surface area contributed by atoms with Crippen molar-refractivity contribution >= 4 is 7.82 Å². The van der Waals surface area contributed by atoms with Crippen LogP contribution in [0.4, 0.5) is 0 Å². The lowest BCUT2D eigenvalue weighted by atomic mass is 9.80. The fraction of sp³-hybridized carbons (Fsp3) is 0.371. The van der Waals surface area contributed by atoms with E-state index in [9.17, 15) is 14.2 Å². The molecule has 0 aliphatic carbocycles. The smallest absolute Gasteiger partial charge is 0.475 e. The first kappa shape index (κ1) is 33.9. The zero-order valence-electron chi connectivity index (χ0n) is 27.0. The molecule has 1 aromatic heterocycles. The average Bonchev–Trinajstić information content (AvgIpc) is 3.37. The van der Waals surface area contributed by atoms with E-state index >= 15 is 0 Å². The number of rotatable bonds is 11. The third kappa shape index (κ3) is 7.05. The second-order valence-electron chi connectivity index (χ2n) is 11.6. The summed E-state index contributed by atoms with van der Waals surface area (Å²) in [6, 6.07) is 25.0. The number of hydrogen-bond acceptors (Lipinski definition) is 10. The van der Waals surface area contributed by atoms with E-state index in [1.807, 2.05) is 78.9 Å². The van der Waals surface area contributed by atoms with Crippen molar-refractivity contribution in [3.05, 3.63) is 128 Å². The molecule has 1 N–H and O–H groups in total. The zero-order valence-corrected chi connectivity index (χ0v) is 27.9. The Morgan fingerprint density at radius 1 is 0.854 bits per heavy atom. The Balaban J connectivity index is 1.42. The highest BCUT2D eigenvalue weighted by Crippen LogP contribution is 2.54. The molecule has 4 aromatic rings. The molecule has 0 spiro atoms. The quantitative estimate of drug-likeness (QED) is 0.161. The lowest BCUT2D eigenvalue weighted by Gasteiger charge is -2.37. The third-order valence-electron chi connectivity index (χ3n) is 8.58. The third-order valence-corrected chi connectivity index (χ3v) is 10.1. The Bertz CT molecular complexity index is 1780. The monoisotopic (exact) mass is 678 g/mol. The molecule has 0 radical (unpaired) electrons. The van der Waals surface area contributed by atoms with Crippen molar-refractivity contribution in [1.29, 1.82) is 0 Å². The van der Waals surface area contributed by atoms with Crippen LogP contribution in [0.25, 0.3) is 0 Å². The highest BCUT2D eigenvalue weighted by molar-refractivity contribution is 7.48. The van der Waals surface area contributed by atoms with Crippen LogP contribution in [0.15, 0.2) is 94.6 Å². The number of phosphoric ester groups is 1. The summed E-state index contributed by atoms with van der Waals surface area (Å²) in [5.74, 6) is 1.36. The molecule has 2 fully saturated rings. The molecular formula is C35H39N2O10P. The van der Waals surface area contributed by atoms with Crippen molar-refractivity contribution in [3.8, 4) is 11.5 Å². The summed E-state index contributed by atoms with van der Waals surface area (Å²) < 4.78 is 56.6. The number of phosphoric acid groups is 1. The van der Waals surface area contributed by atoms with E-state index in [0.717, 1.165) is 16.7 Å². The van der Waals surface area contributed by atoms with E-state index in [1.165, 1.54) is 10.8 Å². The number of aryl methyl sites for hydroxylation is 1. The number of methoxy groups -OCH3 is 2. The summed E-state index contributed by atoms with van der Waals surface area (Å²) in [7, 11) is -0.742. The normalized spacial score (nSPS) is 21.0. The van der Waals surface area contributed by atoms with Crippen LogP contribution in [-0.2, 0) is 33.2 Å². The Labute approximate surface area is 278 Å². The topological polar surface area (TPSA) is 137 Å². The first-order valence-corrected chi connectivity index (χ1v) is 17.2. The predicted octanol–water partition coefficient (Wildman–Crippen LogP) is 5.48. The highest BCUT2D eigenvalue weighted by atomic mass is 31.2. The summed E-state index contributed by atoms with van der Waals surface area (Å²) in [6.07, 6.45) is 0.347. The zero-order chi connectivity index (χ0) is 33.7. The van der Waals surface area contributed by atoms with Gasteiger partial charge in [-0.3, -0.25) is 27.9 Å². The van der Waals surface area contributed by atoms with Gasteiger partial charge in [-0.05, 0) is 60.7 Å². The fourth-order valence-electron chi connectivity index (χ4n) is 6.03. The van der Waals surface area contributed by atoms with Gasteiger partial charge in [0.2, 0.25) is 0 Å². The maximum atomic E-state index is 13.6. The van der Waals surface area contributed by atoms with Crippen molar-refractivity contribution in [2.45, 2.75) is 50.2 Å². The van der Waals surface area contributed by atoms with Crippen molar-refractivity contribution in [1.82, 2.24) is 9.55 Å². The van der Waals surface area contributed by atoms with Crippen molar-refractivity contribution in [2.24, 2.45) is 0 Å². The Hall–Kier alpha value is -4.03. The van der Waals surface area contributed by atoms with Crippen LogP contribution in [0, 0.1) is 6.92 Å². The second-order valence-corrected chi connectivity index (χ2v) is 13.2. The van der Waals surface area contributed by atoms with Crippen molar-refractivity contribution in [2.75, 3.05) is 34.0 Å². The van der Waals surface area contributed by atoms with E-state index < -0.39 is 43.1 Å². The first-order valence-electron chi connectivity index (χ1n) is 15.8. The number of benzene rings is 3. The molecule has 0 bridgehead atoms. The van der Waals surface area contributed by atoms with Crippen LogP contribution in [0.3, 0.4) is 0 Å². The maximum absolute atomic E-state index is 13.6. The molecule has 3 atom stereocenters. The average molecular weight is 679 g/mol. The fourth-order valence-corrected chi connectivity index (χ4v) is 7.49. The summed E-state index contributed by atoms with van der Waals surface area (Å²) in [5, 5.41) is 0. The van der Waals surface area contributed by atoms with E-state index in [2.05, 4.69) is 4.98 Å². The minimum atomic E-state index is -3.96. The van der Waals surface area contributed by atoms with Crippen LogP contribution >= 0.6 is 7.82 Å². The molecular weight excluding hydrogens is 639 g/mol. The maximum Gasteiger partial charge on any atom is 0.475 e. The largest absolute Gasteiger partial charge is 0.497 e. The molecule has 48 heavy (non-hydrogen) atoms. The van der Waals surface area contributed by atoms with E-state index in [0.29, 0.717) is 29.9 Å². The summed E-state index contributed by atoms with van der Waals surface area (Å²) in [5.41, 5.74) is 0.489. The van der Waals surface area contributed by atoms with Gasteiger partial charge in [0.05, 0.1) is 34.0 Å². The van der Waals surface area contributed by atoms with Crippen LogP contribution in [0.5, 0.6) is 11.5 Å². The van der Waals surface area contributed by atoms with Crippen molar-refractivity contribution in [3.63, 3.8) is 0 Å². The van der Waals surface area contributed by atoms with Crippen molar-refractivity contribution < 1.29 is 37.1 Å². The number of aromatic nitrogens is 2. The van der Waals surface area contributed by atoms with Crippen LogP contribution in [0.1, 0.15) is 47.7 Å². The van der Waals surface area contributed by atoms with Gasteiger partial charge < -0.3 is 18.9 Å². The lowest BCUT2D eigenvalue weighted by molar-refractivity contribution is -0.0943. The molecule has 0 saturated carbocycles. The van der Waals surface area contributed by atoms with Gasteiger partial charge in [-0.15, -0.1) is 0 Å². The molecule has 0 unspecified atom stereocenters. The van der Waals surface area contributed by atoms with Gasteiger partial charge in [0.25, 0.3) is 5.56 Å². The molecule has 6 rings (SSSR count). The number of ether oxygens (including phenoxy) is 4. The predicted molar refractivity (Wildman–Crippen MR) is 176 cm³/mol. The van der Waals surface area contributed by atoms with Gasteiger partial charge in [0, 0.05) is 18.2 Å². The number of nitrogens with one attached hydrogen (secondary N) is 1. The van der Waals surface area contributed by atoms with Gasteiger partial charge in [0.1, 0.15) is 35.5 Å². The summed E-state index contributed by atoms with van der Waals surface area (Å²) >= 11 is 0. The van der Waals surface area contributed by atoms with Gasteiger partial charge in [-0.25, -0.2) is 9.36 Å². The van der Waals surface area contributed by atoms with Crippen LogP contribution in [0.2, 0.25) is 0 Å². The first-order chi connectivity index (χ1) is 23.2. The molecule has 3 aromatic carbocycles. The second kappa shape index (κ2) is 14.6. The molecule has 2 aliphatic heterocycles. The number of hydrogen-bond donors (Lipinski definition) is 1. The number of H-pyrrole nitrogens is 1. The van der Waals surface area contributed by atoms with Crippen LogP contribution < -0.4 is 20.7 Å². The number of aromatic amines is 1. The van der Waals surface area contributed by atoms with E-state index in [-0.39, 0.29) is 26.2 Å². The minimum absolute atomic E-state index is 0.0643. The van der Waals surface area contributed by atoms with E-state index in [1.54, 1.807) is 21.1 Å². The lowest BCUT2D eigenvalue weighted by Crippen LogP contribution is -2.38. The SMILES string of the molecule is COc1ccc(C(OC[C@H]2O[C@@H](n3cc(C)c(=O)[nH]c3=O)C[C@@H]2OP2(=O)OCCCCO2)(c2ccccc2)c2ccc(OC)cc2)cc1. The van der Waals surface area contributed by atoms with Gasteiger partial charge in [-0.1, -0.05) is 54.6 Å². The Morgan fingerprint density at radius 3 is 1.98 bits per heavy atom. The molecule has 0 amide bonds.